The summed E-state index contributed by atoms with van der Waals surface area (Å²) in [7, 11) is 1.61. The summed E-state index contributed by atoms with van der Waals surface area (Å²) in [4.78, 5) is 8.65. The molecule has 3 aromatic rings. The van der Waals surface area contributed by atoms with E-state index in [1.54, 1.807) is 37.6 Å². The molecule has 30 heavy (non-hydrogen) atoms. The number of pyridine rings is 1. The number of aromatic nitrogens is 2. The van der Waals surface area contributed by atoms with E-state index in [2.05, 4.69) is 22.1 Å². The van der Waals surface area contributed by atoms with Gasteiger partial charge >= 0.3 is 0 Å². The third kappa shape index (κ3) is 4.57. The van der Waals surface area contributed by atoms with Gasteiger partial charge in [0, 0.05) is 17.9 Å². The molecule has 0 saturated heterocycles. The number of benzene rings is 1. The number of nitrogen functional groups attached to an aromatic ring is 1. The van der Waals surface area contributed by atoms with Crippen molar-refractivity contribution >= 4 is 17.6 Å². The quantitative estimate of drug-likeness (QED) is 0.432. The fourth-order valence-electron chi connectivity index (χ4n) is 2.91. The Labute approximate surface area is 179 Å². The summed E-state index contributed by atoms with van der Waals surface area (Å²) >= 11 is 1.39. The second kappa shape index (κ2) is 9.84. The van der Waals surface area contributed by atoms with Gasteiger partial charge in [-0.15, -0.1) is 5.69 Å². The van der Waals surface area contributed by atoms with Crippen molar-refractivity contribution in [3.63, 3.8) is 0 Å². The minimum Gasteiger partial charge on any atom is -0.667 e. The lowest BCUT2D eigenvalue weighted by Crippen LogP contribution is -2.05. The Bertz CT molecular complexity index is 1080. The molecule has 0 unspecified atom stereocenters. The second-order valence-corrected chi connectivity index (χ2v) is 7.67. The summed E-state index contributed by atoms with van der Waals surface area (Å²) in [5.41, 5.74) is 8.64. The number of methoxy groups -OCH3 is 1. The zero-order valence-corrected chi connectivity index (χ0v) is 17.4. The highest BCUT2D eigenvalue weighted by Gasteiger charge is 2.21. The van der Waals surface area contributed by atoms with E-state index in [0.717, 1.165) is 5.69 Å². The molecule has 2 heterocycles. The van der Waals surface area contributed by atoms with Crippen molar-refractivity contribution in [1.29, 1.82) is 10.5 Å². The molecule has 2 N–H and O–H groups in total. The normalized spacial score (nSPS) is 11.5. The Hall–Kier alpha value is -3.46. The molecule has 3 rings (SSSR count). The fourth-order valence-corrected chi connectivity index (χ4v) is 3.93. The highest BCUT2D eigenvalue weighted by molar-refractivity contribution is 7.99. The van der Waals surface area contributed by atoms with Crippen molar-refractivity contribution in [3.05, 3.63) is 59.4 Å². The molecule has 0 aliphatic heterocycles. The Morgan fingerprint density at radius 3 is 2.47 bits per heavy atom. The molecule has 0 aliphatic rings. The molecule has 1 atom stereocenters. The van der Waals surface area contributed by atoms with Gasteiger partial charge < -0.3 is 20.2 Å². The van der Waals surface area contributed by atoms with Crippen LogP contribution >= 0.6 is 11.8 Å². The van der Waals surface area contributed by atoms with Gasteiger partial charge in [0.25, 0.3) is 0 Å². The van der Waals surface area contributed by atoms with Crippen LogP contribution in [0.3, 0.4) is 0 Å². The first kappa shape index (κ1) is 21.3. The van der Waals surface area contributed by atoms with Gasteiger partial charge in [0.15, 0.2) is 0 Å². The van der Waals surface area contributed by atoms with Crippen LogP contribution in [0.5, 0.6) is 5.75 Å². The maximum absolute atomic E-state index is 9.91. The van der Waals surface area contributed by atoms with Crippen molar-refractivity contribution in [1.82, 2.24) is 9.97 Å². The average molecular weight is 419 g/mol. The van der Waals surface area contributed by atoms with E-state index in [4.69, 9.17) is 15.2 Å². The lowest BCUT2D eigenvalue weighted by molar-refractivity contribution is 0.146. The molecular formula is C22H20N5O2S-. The summed E-state index contributed by atoms with van der Waals surface area (Å²) in [5, 5.41) is 20.0. The van der Waals surface area contributed by atoms with Gasteiger partial charge in [-0.25, -0.2) is 4.98 Å². The summed E-state index contributed by atoms with van der Waals surface area (Å²) in [6.45, 7) is 2.90. The van der Waals surface area contributed by atoms with E-state index in [1.165, 1.54) is 11.8 Å². The van der Waals surface area contributed by atoms with Crippen LogP contribution in [0.1, 0.15) is 29.0 Å². The van der Waals surface area contributed by atoms with Crippen LogP contribution in [-0.4, -0.2) is 25.3 Å². The van der Waals surface area contributed by atoms with Crippen molar-refractivity contribution in [2.45, 2.75) is 17.2 Å². The van der Waals surface area contributed by atoms with Gasteiger partial charge in [-0.1, -0.05) is 43.0 Å². The number of nitrogens with zero attached hydrogens (tertiary/aromatic N) is 4. The van der Waals surface area contributed by atoms with Crippen LogP contribution < -0.4 is 15.5 Å². The molecule has 2 aromatic heterocycles. The van der Waals surface area contributed by atoms with E-state index in [1.807, 2.05) is 19.1 Å². The number of hydrogen-bond donors (Lipinski definition) is 1. The predicted molar refractivity (Wildman–Crippen MR) is 115 cm³/mol. The monoisotopic (exact) mass is 418 g/mol. The van der Waals surface area contributed by atoms with Crippen LogP contribution in [0.2, 0.25) is 0 Å². The van der Waals surface area contributed by atoms with Gasteiger partial charge in [0.1, 0.15) is 40.9 Å². The standard InChI is InChI=1S/C22H20N5O2S/c1-14(19-4-3-9-26-19)30-22-18(13-24)20(17(12-23)21(25)27-22)15-5-7-16(8-6-15)29-11-10-28-2/h3-9,14H,10-11H2,1-2H3,(H2,25,27)/q-1/t14-/m1/s1. The third-order valence-electron chi connectivity index (χ3n) is 4.40. The van der Waals surface area contributed by atoms with Crippen molar-refractivity contribution in [2.24, 2.45) is 0 Å². The smallest absolute Gasteiger partial charge is 0.143 e. The van der Waals surface area contributed by atoms with E-state index in [0.29, 0.717) is 40.7 Å². The SMILES string of the molecule is COCCOc1ccc(-c2c(C#N)c(N)nc(S[C@H](C)c3ccc[n-]3)c2C#N)cc1. The summed E-state index contributed by atoms with van der Waals surface area (Å²) in [6.07, 6.45) is 1.72. The largest absolute Gasteiger partial charge is 0.667 e. The van der Waals surface area contributed by atoms with Gasteiger partial charge in [0.05, 0.1) is 12.2 Å². The topological polar surface area (TPSA) is 119 Å². The zero-order chi connectivity index (χ0) is 21.5. The molecule has 0 aliphatic carbocycles. The number of thioether (sulfide) groups is 1. The van der Waals surface area contributed by atoms with Gasteiger partial charge in [-0.05, 0) is 17.7 Å². The molecule has 152 valence electrons. The Morgan fingerprint density at radius 1 is 1.13 bits per heavy atom. The van der Waals surface area contributed by atoms with E-state index in [9.17, 15) is 10.5 Å². The van der Waals surface area contributed by atoms with Gasteiger partial charge in [-0.3, -0.25) is 0 Å². The molecule has 7 nitrogen and oxygen atoms in total. The molecule has 0 radical (unpaired) electrons. The van der Waals surface area contributed by atoms with Crippen LogP contribution in [0.4, 0.5) is 5.82 Å². The molecule has 0 spiro atoms. The van der Waals surface area contributed by atoms with Crippen LogP contribution in [0.25, 0.3) is 11.1 Å². The molecule has 0 saturated carbocycles. The van der Waals surface area contributed by atoms with Crippen molar-refractivity contribution in [3.8, 4) is 29.0 Å². The van der Waals surface area contributed by atoms with Gasteiger partial charge in [-0.2, -0.15) is 16.7 Å². The number of nitriles is 2. The maximum Gasteiger partial charge on any atom is 0.143 e. The van der Waals surface area contributed by atoms with E-state index in [-0.39, 0.29) is 16.6 Å². The summed E-state index contributed by atoms with van der Waals surface area (Å²) in [5.74, 6) is 0.762. The Morgan fingerprint density at radius 2 is 1.87 bits per heavy atom. The Balaban J connectivity index is 2.01. The zero-order valence-electron chi connectivity index (χ0n) is 16.6. The fraction of sp³-hybridized carbons (Fsp3) is 0.227. The maximum atomic E-state index is 9.91. The lowest BCUT2D eigenvalue weighted by atomic mass is 9.97. The second-order valence-electron chi connectivity index (χ2n) is 6.34. The van der Waals surface area contributed by atoms with E-state index < -0.39 is 0 Å². The lowest BCUT2D eigenvalue weighted by Gasteiger charge is -2.18. The first-order chi connectivity index (χ1) is 14.6. The third-order valence-corrected chi connectivity index (χ3v) is 5.51. The molecule has 0 amide bonds. The van der Waals surface area contributed by atoms with Crippen LogP contribution in [-0.2, 0) is 4.74 Å². The first-order valence-corrected chi connectivity index (χ1v) is 10.1. The summed E-state index contributed by atoms with van der Waals surface area (Å²) in [6, 6.07) is 15.3. The van der Waals surface area contributed by atoms with Gasteiger partial charge in [0.2, 0.25) is 0 Å². The molecule has 0 fully saturated rings. The van der Waals surface area contributed by atoms with Crippen LogP contribution in [0.15, 0.2) is 47.6 Å². The van der Waals surface area contributed by atoms with Crippen LogP contribution in [0, 0.1) is 22.7 Å². The number of ether oxygens (including phenoxy) is 2. The highest BCUT2D eigenvalue weighted by Crippen LogP contribution is 2.40. The molecule has 0 bridgehead atoms. The molecule has 8 heteroatoms. The van der Waals surface area contributed by atoms with Crippen molar-refractivity contribution < 1.29 is 9.47 Å². The highest BCUT2D eigenvalue weighted by atomic mass is 32.2. The minimum absolute atomic E-state index is 0.0312. The Kier molecular flexibility index (Phi) is 6.97. The number of rotatable bonds is 8. The summed E-state index contributed by atoms with van der Waals surface area (Å²) < 4.78 is 10.6. The van der Waals surface area contributed by atoms with Crippen molar-refractivity contribution in [2.75, 3.05) is 26.1 Å². The predicted octanol–water partition coefficient (Wildman–Crippen LogP) is 3.91. The van der Waals surface area contributed by atoms with E-state index >= 15 is 0 Å². The molecule has 1 aromatic carbocycles. The number of hydrogen-bond acceptors (Lipinski definition) is 7. The number of nitrogens with two attached hydrogens (primary N) is 1. The first-order valence-electron chi connectivity index (χ1n) is 9.19. The molecular weight excluding hydrogens is 398 g/mol. The number of anilines is 1. The average Bonchev–Trinajstić information content (AvgIpc) is 3.29. The minimum atomic E-state index is -0.0312.